The molecule has 0 fully saturated rings. The van der Waals surface area contributed by atoms with E-state index in [4.69, 9.17) is 30.7 Å². The summed E-state index contributed by atoms with van der Waals surface area (Å²) in [4.78, 5) is 0. The van der Waals surface area contributed by atoms with E-state index in [9.17, 15) is 5.11 Å². The Kier molecular flexibility index (Phi) is 7.49. The zero-order valence-corrected chi connectivity index (χ0v) is 22.2. The molecule has 36 heavy (non-hydrogen) atoms. The first kappa shape index (κ1) is 16.8. The van der Waals surface area contributed by atoms with Crippen LogP contribution >= 0.6 is 0 Å². The number of unbranched alkanes of at least 4 members (excludes halogenated alkanes) is 1. The molecule has 0 saturated heterocycles. The molecular weight excluding hydrogens is 450 g/mol. The Morgan fingerprint density at radius 3 is 2.44 bits per heavy atom. The molecule has 0 radical (unpaired) electrons. The van der Waals surface area contributed by atoms with Gasteiger partial charge in [0.05, 0.1) is 21.6 Å². The number of nitrogens with one attached hydrogen (secondary N) is 1. The number of hydrogen-bond acceptors (Lipinski definition) is 5. The van der Waals surface area contributed by atoms with Crippen LogP contribution in [-0.2, 0) is 21.5 Å². The Balaban J connectivity index is 2.25. The predicted molar refractivity (Wildman–Crippen MR) is 149 cm³/mol. The van der Waals surface area contributed by atoms with Gasteiger partial charge in [-0.2, -0.15) is 0 Å². The summed E-state index contributed by atoms with van der Waals surface area (Å²) >= 11 is 0. The van der Waals surface area contributed by atoms with Gasteiger partial charge in [0.2, 0.25) is 0 Å². The second-order valence-corrected chi connectivity index (χ2v) is 9.04. The average molecular weight is 512 g/mol. The quantitative estimate of drug-likeness (QED) is 0.226. The van der Waals surface area contributed by atoms with Gasteiger partial charge in [-0.15, -0.1) is 0 Å². The Labute approximate surface area is 236 Å². The van der Waals surface area contributed by atoms with E-state index < -0.39 is 56.8 Å². The Hall–Kier alpha value is -1.92. The van der Waals surface area contributed by atoms with Gasteiger partial charge in [0.25, 0.3) is 0 Å². The monoisotopic (exact) mass is 511 g/mol. The second kappa shape index (κ2) is 16.0. The van der Waals surface area contributed by atoms with Crippen LogP contribution in [0.4, 0.5) is 0 Å². The predicted octanol–water partition coefficient (Wildman–Crippen LogP) is 6.42. The van der Waals surface area contributed by atoms with Crippen LogP contribution in [-0.4, -0.2) is 45.5 Å². The zero-order chi connectivity index (χ0) is 37.1. The lowest BCUT2D eigenvalue weighted by atomic mass is 9.91. The van der Waals surface area contributed by atoms with Crippen molar-refractivity contribution in [2.24, 2.45) is 0 Å². The highest BCUT2D eigenvalue weighted by Crippen LogP contribution is 2.35. The molecule has 5 nitrogen and oxygen atoms in total. The smallest absolute Gasteiger partial charge is 0.127 e. The summed E-state index contributed by atoms with van der Waals surface area (Å²) in [6, 6.07) is 11.0. The van der Waals surface area contributed by atoms with Crippen molar-refractivity contribution in [3.8, 4) is 5.75 Å². The molecule has 5 heteroatoms. The van der Waals surface area contributed by atoms with Crippen molar-refractivity contribution in [3.05, 3.63) is 64.2 Å². The number of benzene rings is 2. The SMILES string of the molecule is [2H]C([2H])(NCC(OC)c1cc(C)c(OC)c(C(C)(C)O)c1)C([2H])([2H])C([2H])([2H])C([2H])([2H])C([2H])([2H])C([2H])([2H])OCCCCc1ccccc1C. The van der Waals surface area contributed by atoms with Crippen LogP contribution in [0.15, 0.2) is 36.4 Å². The zero-order valence-electron chi connectivity index (χ0n) is 34.2. The first-order valence-corrected chi connectivity index (χ1v) is 12.1. The van der Waals surface area contributed by atoms with Crippen LogP contribution in [0.1, 0.15) is 103 Å². The van der Waals surface area contributed by atoms with Gasteiger partial charge >= 0.3 is 0 Å². The van der Waals surface area contributed by atoms with Crippen molar-refractivity contribution >= 4 is 0 Å². The van der Waals surface area contributed by atoms with Gasteiger partial charge in [-0.1, -0.05) is 37.0 Å². The van der Waals surface area contributed by atoms with E-state index in [1.54, 1.807) is 32.9 Å². The molecule has 202 valence electrons. The molecule has 0 aliphatic heterocycles. The van der Waals surface area contributed by atoms with Gasteiger partial charge in [0, 0.05) is 46.1 Å². The molecule has 0 aliphatic carbocycles. The van der Waals surface area contributed by atoms with Crippen LogP contribution in [0.2, 0.25) is 0 Å². The summed E-state index contributed by atoms with van der Waals surface area (Å²) in [7, 11) is 2.76. The van der Waals surface area contributed by atoms with Crippen molar-refractivity contribution in [3.63, 3.8) is 0 Å². The minimum atomic E-state index is -3.95. The molecule has 2 aromatic carbocycles. The molecule has 2 rings (SSSR count). The Morgan fingerprint density at radius 1 is 1.00 bits per heavy atom. The summed E-state index contributed by atoms with van der Waals surface area (Å²) in [5.41, 5.74) is 2.33. The Morgan fingerprint density at radius 2 is 1.75 bits per heavy atom. The highest BCUT2D eigenvalue weighted by molar-refractivity contribution is 5.47. The highest BCUT2D eigenvalue weighted by Gasteiger charge is 2.25. The number of rotatable bonds is 18. The third-order valence-electron chi connectivity index (χ3n) is 5.77. The molecule has 1 unspecified atom stereocenters. The molecule has 0 aromatic heterocycles. The maximum absolute atomic E-state index is 10.7. The van der Waals surface area contributed by atoms with Crippen LogP contribution in [0.5, 0.6) is 5.75 Å². The first-order chi connectivity index (χ1) is 21.7. The molecule has 0 heterocycles. The second-order valence-electron chi connectivity index (χ2n) is 9.04. The van der Waals surface area contributed by atoms with E-state index in [2.05, 4.69) is 5.32 Å². The van der Waals surface area contributed by atoms with Crippen LogP contribution in [0.25, 0.3) is 0 Å². The van der Waals surface area contributed by atoms with Crippen LogP contribution < -0.4 is 10.1 Å². The minimum absolute atomic E-state index is 0.290. The minimum Gasteiger partial charge on any atom is -0.496 e. The topological polar surface area (TPSA) is 60.0 Å². The molecule has 2 N–H and O–H groups in total. The average Bonchev–Trinajstić information content (AvgIpc) is 2.96. The molecule has 2 aromatic rings. The number of ether oxygens (including phenoxy) is 3. The fourth-order valence-corrected chi connectivity index (χ4v) is 3.82. The van der Waals surface area contributed by atoms with E-state index >= 15 is 0 Å². The lowest BCUT2D eigenvalue weighted by molar-refractivity contribution is 0.0740. The van der Waals surface area contributed by atoms with Crippen molar-refractivity contribution in [1.29, 1.82) is 0 Å². The van der Waals surface area contributed by atoms with Crippen molar-refractivity contribution in [2.45, 2.75) is 84.2 Å². The largest absolute Gasteiger partial charge is 0.496 e. The van der Waals surface area contributed by atoms with Crippen molar-refractivity contribution in [1.82, 2.24) is 5.32 Å². The van der Waals surface area contributed by atoms with E-state index in [1.165, 1.54) is 14.2 Å². The van der Waals surface area contributed by atoms with Crippen molar-refractivity contribution in [2.75, 3.05) is 40.4 Å². The molecular formula is C31H49NO4. The first-order valence-electron chi connectivity index (χ1n) is 18.1. The summed E-state index contributed by atoms with van der Waals surface area (Å²) in [5, 5.41) is 13.0. The summed E-state index contributed by atoms with van der Waals surface area (Å²) in [5.74, 6) is 0.427. The summed E-state index contributed by atoms with van der Waals surface area (Å²) in [6.45, 7) is -0.712. The number of methoxy groups -OCH3 is 2. The van der Waals surface area contributed by atoms with E-state index in [0.29, 0.717) is 41.7 Å². The molecule has 0 amide bonds. The molecule has 1 atom stereocenters. The van der Waals surface area contributed by atoms with Gasteiger partial charge in [0.15, 0.2) is 0 Å². The third kappa shape index (κ3) is 10.2. The van der Waals surface area contributed by atoms with E-state index in [1.807, 2.05) is 31.2 Å². The number of hydrogen-bond donors (Lipinski definition) is 2. The lowest BCUT2D eigenvalue weighted by Gasteiger charge is -2.25. The fourth-order valence-electron chi connectivity index (χ4n) is 3.82. The number of aliphatic hydroxyl groups is 1. The number of aryl methyl sites for hydroxylation is 3. The maximum Gasteiger partial charge on any atom is 0.127 e. The summed E-state index contributed by atoms with van der Waals surface area (Å²) in [6.07, 6.45) is -14.9. The van der Waals surface area contributed by atoms with Gasteiger partial charge in [-0.05, 0) is 101 Å². The van der Waals surface area contributed by atoms with Gasteiger partial charge in [-0.3, -0.25) is 0 Å². The van der Waals surface area contributed by atoms with Gasteiger partial charge in [0.1, 0.15) is 5.75 Å². The summed E-state index contributed by atoms with van der Waals surface area (Å²) < 4.78 is 117. The van der Waals surface area contributed by atoms with Gasteiger partial charge in [-0.25, -0.2) is 0 Å². The maximum atomic E-state index is 10.7. The standard InChI is InChI=1S/C31H49NO4/c1-24-15-9-10-16-26(24)17-11-14-20-36-19-13-8-7-12-18-32-23-29(34-5)27-21-25(2)30(35-6)28(22-27)31(3,4)33/h9-10,15-16,21-22,29,32-33H,7-8,11-14,17-20,23H2,1-6H3/i7D2,8D2,12D2,13D2,18D2,19D2. The molecule has 0 spiro atoms. The fraction of sp³-hybridized carbons (Fsp3) is 0.613. The van der Waals surface area contributed by atoms with Gasteiger partial charge < -0.3 is 24.6 Å². The Bertz CT molecular complexity index is 1380. The molecule has 0 bridgehead atoms. The molecule has 0 aliphatic rings. The van der Waals surface area contributed by atoms with Crippen LogP contribution in [0, 0.1) is 13.8 Å². The normalized spacial score (nSPS) is 20.0. The van der Waals surface area contributed by atoms with E-state index in [-0.39, 0.29) is 6.61 Å². The lowest BCUT2D eigenvalue weighted by Crippen LogP contribution is -2.25. The molecule has 0 saturated carbocycles. The van der Waals surface area contributed by atoms with Crippen molar-refractivity contribution < 1.29 is 35.8 Å². The highest BCUT2D eigenvalue weighted by atomic mass is 16.5. The van der Waals surface area contributed by atoms with Crippen LogP contribution in [0.3, 0.4) is 0 Å². The van der Waals surface area contributed by atoms with E-state index in [0.717, 1.165) is 11.1 Å². The third-order valence-corrected chi connectivity index (χ3v) is 5.77.